The van der Waals surface area contributed by atoms with Crippen LogP contribution >= 0.6 is 0 Å². The quantitative estimate of drug-likeness (QED) is 0.622. The van der Waals surface area contributed by atoms with E-state index in [4.69, 9.17) is 5.84 Å². The minimum atomic E-state index is -4.69. The summed E-state index contributed by atoms with van der Waals surface area (Å²) in [7, 11) is 0. The Morgan fingerprint density at radius 3 is 2.53 bits per heavy atom. The molecular weight excluding hydrogens is 233 g/mol. The summed E-state index contributed by atoms with van der Waals surface area (Å²) in [6.45, 7) is 1.93. The minimum absolute atomic E-state index is 0.212. The van der Waals surface area contributed by atoms with Crippen LogP contribution in [0, 0.1) is 0 Å². The maximum atomic E-state index is 12.2. The van der Waals surface area contributed by atoms with Crippen LogP contribution in [0.25, 0.3) is 0 Å². The molecule has 0 saturated carbocycles. The van der Waals surface area contributed by atoms with Crippen molar-refractivity contribution in [3.8, 4) is 5.75 Å². The van der Waals surface area contributed by atoms with Gasteiger partial charge in [-0.15, -0.1) is 13.2 Å². The minimum Gasteiger partial charge on any atom is -0.405 e. The molecule has 0 spiro atoms. The third-order valence-corrected chi connectivity index (χ3v) is 2.30. The molecule has 0 bridgehead atoms. The van der Waals surface area contributed by atoms with Crippen LogP contribution in [0.1, 0.15) is 31.4 Å². The Bertz CT molecular complexity index is 355. The van der Waals surface area contributed by atoms with Crippen molar-refractivity contribution < 1.29 is 17.9 Å². The predicted molar refractivity (Wildman–Crippen MR) is 58.1 cm³/mol. The predicted octanol–water partition coefficient (Wildman–Crippen LogP) is 2.89. The van der Waals surface area contributed by atoms with Crippen molar-refractivity contribution in [3.05, 3.63) is 29.8 Å². The highest BCUT2D eigenvalue weighted by Crippen LogP contribution is 2.31. The number of hydrogen-bond acceptors (Lipinski definition) is 3. The van der Waals surface area contributed by atoms with E-state index in [-0.39, 0.29) is 11.8 Å². The average Bonchev–Trinajstić information content (AvgIpc) is 2.25. The van der Waals surface area contributed by atoms with E-state index in [2.05, 4.69) is 10.2 Å². The van der Waals surface area contributed by atoms with Gasteiger partial charge in [0.2, 0.25) is 0 Å². The lowest BCUT2D eigenvalue weighted by Gasteiger charge is -2.19. The molecule has 0 aliphatic carbocycles. The van der Waals surface area contributed by atoms with E-state index in [1.165, 1.54) is 12.1 Å². The molecule has 0 radical (unpaired) electrons. The molecule has 1 rings (SSSR count). The van der Waals surface area contributed by atoms with E-state index in [1.807, 2.05) is 6.92 Å². The normalized spacial score (nSPS) is 13.5. The van der Waals surface area contributed by atoms with Gasteiger partial charge in [0.25, 0.3) is 0 Å². The number of ether oxygens (including phenoxy) is 1. The van der Waals surface area contributed by atoms with Crippen molar-refractivity contribution in [3.63, 3.8) is 0 Å². The summed E-state index contributed by atoms with van der Waals surface area (Å²) in [6, 6.07) is 5.64. The van der Waals surface area contributed by atoms with Crippen molar-refractivity contribution in [1.29, 1.82) is 0 Å². The van der Waals surface area contributed by atoms with E-state index in [9.17, 15) is 13.2 Å². The van der Waals surface area contributed by atoms with Crippen LogP contribution in [0.15, 0.2) is 24.3 Å². The van der Waals surface area contributed by atoms with Crippen molar-refractivity contribution in [2.45, 2.75) is 32.2 Å². The molecule has 1 atom stereocenters. The average molecular weight is 248 g/mol. The van der Waals surface area contributed by atoms with E-state index in [0.717, 1.165) is 6.42 Å². The molecule has 0 aromatic heterocycles. The van der Waals surface area contributed by atoms with Gasteiger partial charge in [0.1, 0.15) is 5.75 Å². The molecule has 0 amide bonds. The van der Waals surface area contributed by atoms with Gasteiger partial charge in [-0.25, -0.2) is 0 Å². The van der Waals surface area contributed by atoms with Gasteiger partial charge in [-0.05, 0) is 12.5 Å². The Hall–Kier alpha value is -1.27. The van der Waals surface area contributed by atoms with Crippen LogP contribution in [0.2, 0.25) is 0 Å². The highest BCUT2D eigenvalue weighted by molar-refractivity contribution is 5.36. The van der Waals surface area contributed by atoms with E-state index in [1.54, 1.807) is 12.1 Å². The van der Waals surface area contributed by atoms with Gasteiger partial charge in [-0.1, -0.05) is 31.5 Å². The lowest BCUT2D eigenvalue weighted by molar-refractivity contribution is -0.275. The zero-order valence-electron chi connectivity index (χ0n) is 9.42. The second kappa shape index (κ2) is 5.88. The third-order valence-electron chi connectivity index (χ3n) is 2.30. The molecule has 1 aromatic carbocycles. The molecule has 0 saturated heterocycles. The summed E-state index contributed by atoms with van der Waals surface area (Å²) in [6.07, 6.45) is -3.26. The zero-order chi connectivity index (χ0) is 12.9. The summed E-state index contributed by atoms with van der Waals surface area (Å²) < 4.78 is 40.6. The molecular formula is C11H15F3N2O. The Morgan fingerprint density at radius 2 is 2.00 bits per heavy atom. The molecule has 0 aliphatic heterocycles. The first-order chi connectivity index (χ1) is 7.98. The van der Waals surface area contributed by atoms with Gasteiger partial charge in [-0.3, -0.25) is 11.3 Å². The number of hydrazine groups is 1. The standard InChI is InChI=1S/C11H15F3N2O/c1-2-5-9(16-15)8-6-3-4-7-10(8)17-11(12,13)14/h3-4,6-7,9,16H,2,5,15H2,1H3. The number of halogens is 3. The fourth-order valence-corrected chi connectivity index (χ4v) is 1.60. The topological polar surface area (TPSA) is 47.3 Å². The van der Waals surface area contributed by atoms with Gasteiger partial charge in [0, 0.05) is 11.6 Å². The maximum absolute atomic E-state index is 12.2. The van der Waals surface area contributed by atoms with Gasteiger partial charge in [0.05, 0.1) is 0 Å². The van der Waals surface area contributed by atoms with Crippen LogP contribution in [0.5, 0.6) is 5.75 Å². The Labute approximate surface area is 97.7 Å². The first-order valence-electron chi connectivity index (χ1n) is 5.28. The van der Waals surface area contributed by atoms with E-state index in [0.29, 0.717) is 12.0 Å². The SMILES string of the molecule is CCCC(NN)c1ccccc1OC(F)(F)F. The summed E-state index contributed by atoms with van der Waals surface area (Å²) in [5, 5.41) is 0. The zero-order valence-corrected chi connectivity index (χ0v) is 9.42. The molecule has 3 nitrogen and oxygen atoms in total. The summed E-state index contributed by atoms with van der Waals surface area (Å²) in [5.74, 6) is 5.13. The highest BCUT2D eigenvalue weighted by Gasteiger charge is 2.32. The second-order valence-corrected chi connectivity index (χ2v) is 3.59. The molecule has 0 aliphatic rings. The van der Waals surface area contributed by atoms with Gasteiger partial charge in [0.15, 0.2) is 0 Å². The molecule has 0 heterocycles. The first-order valence-corrected chi connectivity index (χ1v) is 5.28. The summed E-state index contributed by atoms with van der Waals surface area (Å²) >= 11 is 0. The monoisotopic (exact) mass is 248 g/mol. The Morgan fingerprint density at radius 1 is 1.35 bits per heavy atom. The van der Waals surface area contributed by atoms with Crippen LogP contribution in [-0.2, 0) is 0 Å². The van der Waals surface area contributed by atoms with Gasteiger partial charge >= 0.3 is 6.36 Å². The van der Waals surface area contributed by atoms with Crippen molar-refractivity contribution in [2.75, 3.05) is 0 Å². The van der Waals surface area contributed by atoms with Crippen molar-refractivity contribution in [2.24, 2.45) is 5.84 Å². The number of nitrogens with one attached hydrogen (secondary N) is 1. The number of hydrogen-bond donors (Lipinski definition) is 2. The summed E-state index contributed by atoms with van der Waals surface area (Å²) in [5.41, 5.74) is 2.91. The van der Waals surface area contributed by atoms with Crippen LogP contribution < -0.4 is 16.0 Å². The van der Waals surface area contributed by atoms with Gasteiger partial charge in [-0.2, -0.15) is 0 Å². The third kappa shape index (κ3) is 4.24. The Kier molecular flexibility index (Phi) is 4.77. The van der Waals surface area contributed by atoms with Crippen LogP contribution in [0.4, 0.5) is 13.2 Å². The number of rotatable bonds is 5. The fraction of sp³-hybridized carbons (Fsp3) is 0.455. The van der Waals surface area contributed by atoms with Crippen LogP contribution in [-0.4, -0.2) is 6.36 Å². The smallest absolute Gasteiger partial charge is 0.405 e. The lowest BCUT2D eigenvalue weighted by atomic mass is 10.0. The Balaban J connectivity index is 2.97. The van der Waals surface area contributed by atoms with Crippen LogP contribution in [0.3, 0.4) is 0 Å². The molecule has 3 N–H and O–H groups in total. The molecule has 0 fully saturated rings. The molecule has 6 heteroatoms. The van der Waals surface area contributed by atoms with Gasteiger partial charge < -0.3 is 4.74 Å². The second-order valence-electron chi connectivity index (χ2n) is 3.59. The molecule has 1 unspecified atom stereocenters. The molecule has 1 aromatic rings. The number of nitrogens with two attached hydrogens (primary N) is 1. The number of alkyl halides is 3. The van der Waals surface area contributed by atoms with E-state index >= 15 is 0 Å². The largest absolute Gasteiger partial charge is 0.573 e. The van der Waals surface area contributed by atoms with E-state index < -0.39 is 6.36 Å². The molecule has 96 valence electrons. The molecule has 17 heavy (non-hydrogen) atoms. The fourth-order valence-electron chi connectivity index (χ4n) is 1.60. The van der Waals surface area contributed by atoms with Crippen molar-refractivity contribution >= 4 is 0 Å². The maximum Gasteiger partial charge on any atom is 0.573 e. The summed E-state index contributed by atoms with van der Waals surface area (Å²) in [4.78, 5) is 0. The number of benzene rings is 1. The first kappa shape index (κ1) is 13.8. The van der Waals surface area contributed by atoms with Crippen molar-refractivity contribution in [1.82, 2.24) is 5.43 Å². The number of para-hydroxylation sites is 1. The lowest BCUT2D eigenvalue weighted by Crippen LogP contribution is -2.29. The highest BCUT2D eigenvalue weighted by atomic mass is 19.4.